The summed E-state index contributed by atoms with van der Waals surface area (Å²) in [5, 5.41) is 1.22. The van der Waals surface area contributed by atoms with Gasteiger partial charge in [0, 0.05) is 23.0 Å². The Hall–Kier alpha value is -1.19. The minimum absolute atomic E-state index is 0.0953. The molecule has 0 amide bonds. The van der Waals surface area contributed by atoms with Gasteiger partial charge in [-0.15, -0.1) is 11.3 Å². The standard InChI is InChI=1S/C14H16N2S/c1-9(15)13-8-16-14(17-13)12-7-6-10-4-2-3-5-11(10)12/h2-5,8-9,12H,6-7,15H2,1H3. The Balaban J connectivity index is 1.95. The first-order valence-corrected chi connectivity index (χ1v) is 6.86. The van der Waals surface area contributed by atoms with Crippen LogP contribution >= 0.6 is 11.3 Å². The highest BCUT2D eigenvalue weighted by atomic mass is 32.1. The molecule has 0 spiro atoms. The van der Waals surface area contributed by atoms with Gasteiger partial charge in [0.2, 0.25) is 0 Å². The number of hydrogen-bond donors (Lipinski definition) is 1. The lowest BCUT2D eigenvalue weighted by Crippen LogP contribution is -2.01. The minimum atomic E-state index is 0.0953. The molecule has 1 aliphatic rings. The van der Waals surface area contributed by atoms with Gasteiger partial charge < -0.3 is 5.73 Å². The maximum absolute atomic E-state index is 5.89. The van der Waals surface area contributed by atoms with Gasteiger partial charge in [0.25, 0.3) is 0 Å². The van der Waals surface area contributed by atoms with Gasteiger partial charge in [-0.3, -0.25) is 0 Å². The lowest BCUT2D eigenvalue weighted by atomic mass is 10.0. The van der Waals surface area contributed by atoms with E-state index in [0.717, 1.165) is 0 Å². The zero-order chi connectivity index (χ0) is 11.8. The van der Waals surface area contributed by atoms with Crippen LogP contribution in [0.1, 0.15) is 46.3 Å². The highest BCUT2D eigenvalue weighted by Gasteiger charge is 2.26. The SMILES string of the molecule is CC(N)c1cnc(C2CCc3ccccc32)s1. The third-order valence-electron chi connectivity index (χ3n) is 3.42. The van der Waals surface area contributed by atoms with Crippen LogP contribution in [-0.2, 0) is 6.42 Å². The summed E-state index contributed by atoms with van der Waals surface area (Å²) in [4.78, 5) is 5.74. The fourth-order valence-corrected chi connectivity index (χ4v) is 3.51. The van der Waals surface area contributed by atoms with Gasteiger partial charge in [0.15, 0.2) is 0 Å². The number of rotatable bonds is 2. The van der Waals surface area contributed by atoms with E-state index >= 15 is 0 Å². The molecule has 0 bridgehead atoms. The molecule has 2 atom stereocenters. The van der Waals surface area contributed by atoms with Crippen molar-refractivity contribution in [1.29, 1.82) is 0 Å². The van der Waals surface area contributed by atoms with Crippen LogP contribution in [0.2, 0.25) is 0 Å². The van der Waals surface area contributed by atoms with Gasteiger partial charge in [-0.25, -0.2) is 4.98 Å². The number of aromatic nitrogens is 1. The van der Waals surface area contributed by atoms with Crippen molar-refractivity contribution < 1.29 is 0 Å². The first-order valence-electron chi connectivity index (χ1n) is 6.04. The average molecular weight is 244 g/mol. The fraction of sp³-hybridized carbons (Fsp3) is 0.357. The molecule has 17 heavy (non-hydrogen) atoms. The van der Waals surface area contributed by atoms with Crippen LogP contribution in [0, 0.1) is 0 Å². The first-order chi connectivity index (χ1) is 8.25. The second kappa shape index (κ2) is 4.24. The molecule has 88 valence electrons. The van der Waals surface area contributed by atoms with Gasteiger partial charge in [0.1, 0.15) is 5.01 Å². The molecule has 0 aliphatic heterocycles. The molecule has 2 unspecified atom stereocenters. The third-order valence-corrected chi connectivity index (χ3v) is 4.73. The Morgan fingerprint density at radius 3 is 3.00 bits per heavy atom. The highest BCUT2D eigenvalue weighted by molar-refractivity contribution is 7.11. The molecule has 3 heteroatoms. The number of nitrogens with two attached hydrogens (primary N) is 1. The number of thiazole rings is 1. The van der Waals surface area contributed by atoms with Crippen molar-refractivity contribution >= 4 is 11.3 Å². The third kappa shape index (κ3) is 1.90. The second-order valence-electron chi connectivity index (χ2n) is 4.68. The van der Waals surface area contributed by atoms with E-state index in [1.165, 1.54) is 33.9 Å². The predicted molar refractivity (Wildman–Crippen MR) is 71.3 cm³/mol. The maximum atomic E-state index is 5.89. The van der Waals surface area contributed by atoms with Crippen LogP contribution < -0.4 is 5.73 Å². The van der Waals surface area contributed by atoms with E-state index in [4.69, 9.17) is 5.73 Å². The van der Waals surface area contributed by atoms with Crippen molar-refractivity contribution in [1.82, 2.24) is 4.98 Å². The Morgan fingerprint density at radius 2 is 2.24 bits per heavy atom. The fourth-order valence-electron chi connectivity index (χ4n) is 2.49. The van der Waals surface area contributed by atoms with Crippen molar-refractivity contribution in [2.45, 2.75) is 31.7 Å². The molecule has 2 aromatic rings. The van der Waals surface area contributed by atoms with E-state index in [0.29, 0.717) is 5.92 Å². The zero-order valence-electron chi connectivity index (χ0n) is 9.89. The quantitative estimate of drug-likeness (QED) is 0.880. The molecule has 2 N–H and O–H groups in total. The Bertz CT molecular complexity index is 531. The molecule has 0 fully saturated rings. The number of aryl methyl sites for hydroxylation is 1. The van der Waals surface area contributed by atoms with Crippen molar-refractivity contribution in [3.63, 3.8) is 0 Å². The molecule has 0 saturated carbocycles. The largest absolute Gasteiger partial charge is 0.323 e. The monoisotopic (exact) mass is 244 g/mol. The molecule has 0 radical (unpaired) electrons. The topological polar surface area (TPSA) is 38.9 Å². The normalized spacial score (nSPS) is 20.2. The molecule has 2 nitrogen and oxygen atoms in total. The molecule has 0 saturated heterocycles. The average Bonchev–Trinajstić information content (AvgIpc) is 2.95. The van der Waals surface area contributed by atoms with Crippen molar-refractivity contribution in [3.05, 3.63) is 51.5 Å². The number of benzene rings is 1. The predicted octanol–water partition coefficient (Wildman–Crippen LogP) is 3.24. The van der Waals surface area contributed by atoms with E-state index in [-0.39, 0.29) is 6.04 Å². The van der Waals surface area contributed by atoms with Crippen LogP contribution in [0.5, 0.6) is 0 Å². The number of fused-ring (bicyclic) bond motifs is 1. The smallest absolute Gasteiger partial charge is 0.100 e. The van der Waals surface area contributed by atoms with Gasteiger partial charge in [-0.05, 0) is 30.9 Å². The molecular weight excluding hydrogens is 228 g/mol. The summed E-state index contributed by atoms with van der Waals surface area (Å²) in [7, 11) is 0. The summed E-state index contributed by atoms with van der Waals surface area (Å²) in [6.07, 6.45) is 4.30. The summed E-state index contributed by atoms with van der Waals surface area (Å²) in [6.45, 7) is 2.01. The molecule has 3 rings (SSSR count). The highest BCUT2D eigenvalue weighted by Crippen LogP contribution is 2.39. The van der Waals surface area contributed by atoms with Gasteiger partial charge in [-0.2, -0.15) is 0 Å². The Labute approximate surface area is 106 Å². The van der Waals surface area contributed by atoms with E-state index < -0.39 is 0 Å². The zero-order valence-corrected chi connectivity index (χ0v) is 10.7. The second-order valence-corrected chi connectivity index (χ2v) is 5.77. The molecule has 1 aromatic heterocycles. The molecule has 1 aliphatic carbocycles. The van der Waals surface area contributed by atoms with Crippen LogP contribution in [0.15, 0.2) is 30.5 Å². The Morgan fingerprint density at radius 1 is 1.41 bits per heavy atom. The van der Waals surface area contributed by atoms with E-state index in [9.17, 15) is 0 Å². The molecule has 1 aromatic carbocycles. The lowest BCUT2D eigenvalue weighted by Gasteiger charge is -2.07. The lowest BCUT2D eigenvalue weighted by molar-refractivity contribution is 0.780. The van der Waals surface area contributed by atoms with Crippen molar-refractivity contribution in [2.75, 3.05) is 0 Å². The summed E-state index contributed by atoms with van der Waals surface area (Å²) in [5.74, 6) is 0.490. The maximum Gasteiger partial charge on any atom is 0.100 e. The first kappa shape index (κ1) is 10.9. The van der Waals surface area contributed by atoms with Crippen LogP contribution in [0.4, 0.5) is 0 Å². The van der Waals surface area contributed by atoms with Crippen molar-refractivity contribution in [2.24, 2.45) is 5.73 Å². The minimum Gasteiger partial charge on any atom is -0.323 e. The van der Waals surface area contributed by atoms with Gasteiger partial charge >= 0.3 is 0 Å². The van der Waals surface area contributed by atoms with Crippen LogP contribution in [0.25, 0.3) is 0 Å². The summed E-state index contributed by atoms with van der Waals surface area (Å²) in [5.41, 5.74) is 8.83. The van der Waals surface area contributed by atoms with Crippen LogP contribution in [0.3, 0.4) is 0 Å². The van der Waals surface area contributed by atoms with Gasteiger partial charge in [0.05, 0.1) is 0 Å². The Kier molecular flexibility index (Phi) is 2.73. The summed E-state index contributed by atoms with van der Waals surface area (Å²) >= 11 is 1.77. The summed E-state index contributed by atoms with van der Waals surface area (Å²) in [6, 6.07) is 8.81. The van der Waals surface area contributed by atoms with E-state index in [1.807, 2.05) is 13.1 Å². The van der Waals surface area contributed by atoms with E-state index in [2.05, 4.69) is 29.2 Å². The molecule has 1 heterocycles. The number of nitrogens with zero attached hydrogens (tertiary/aromatic N) is 1. The van der Waals surface area contributed by atoms with Crippen molar-refractivity contribution in [3.8, 4) is 0 Å². The van der Waals surface area contributed by atoms with E-state index in [1.54, 1.807) is 11.3 Å². The van der Waals surface area contributed by atoms with Crippen LogP contribution in [-0.4, -0.2) is 4.98 Å². The number of hydrogen-bond acceptors (Lipinski definition) is 3. The summed E-state index contributed by atoms with van der Waals surface area (Å²) < 4.78 is 0. The molecular formula is C14H16N2S. The van der Waals surface area contributed by atoms with Gasteiger partial charge in [-0.1, -0.05) is 24.3 Å².